The number of benzene rings is 2. The minimum Gasteiger partial charge on any atom is -0.341 e. The number of hydrogen-bond acceptors (Lipinski definition) is 3. The lowest BCUT2D eigenvalue weighted by atomic mass is 10.2. The number of amides is 2. The second-order valence-electron chi connectivity index (χ2n) is 5.82. The molecule has 1 heterocycles. The number of halogens is 2. The molecule has 0 spiro atoms. The third-order valence-electron chi connectivity index (χ3n) is 3.88. The van der Waals surface area contributed by atoms with Gasteiger partial charge in [0.2, 0.25) is 11.8 Å². The van der Waals surface area contributed by atoms with Crippen LogP contribution in [-0.2, 0) is 16.1 Å². The second kappa shape index (κ2) is 7.68. The molecule has 0 aromatic heterocycles. The van der Waals surface area contributed by atoms with E-state index in [0.29, 0.717) is 22.3 Å². The lowest BCUT2D eigenvalue weighted by Gasteiger charge is -2.25. The number of fused-ring (bicyclic) bond motifs is 1. The van der Waals surface area contributed by atoms with E-state index < -0.39 is 5.25 Å². The van der Waals surface area contributed by atoms with Gasteiger partial charge in [-0.3, -0.25) is 9.59 Å². The summed E-state index contributed by atoms with van der Waals surface area (Å²) in [4.78, 5) is 27.3. The summed E-state index contributed by atoms with van der Waals surface area (Å²) in [7, 11) is 1.73. The van der Waals surface area contributed by atoms with Gasteiger partial charge in [0.25, 0.3) is 0 Å². The van der Waals surface area contributed by atoms with Gasteiger partial charge in [0.05, 0.1) is 10.9 Å². The molecule has 2 amide bonds. The molecule has 130 valence electrons. The topological polar surface area (TPSA) is 49.4 Å². The van der Waals surface area contributed by atoms with Gasteiger partial charge in [-0.2, -0.15) is 0 Å². The van der Waals surface area contributed by atoms with Gasteiger partial charge < -0.3 is 10.2 Å². The average Bonchev–Trinajstić information content (AvgIpc) is 2.57. The first kappa shape index (κ1) is 18.1. The Morgan fingerprint density at radius 2 is 1.84 bits per heavy atom. The molecule has 1 unspecified atom stereocenters. The van der Waals surface area contributed by atoms with E-state index in [-0.39, 0.29) is 18.2 Å². The Hall–Kier alpha value is -1.69. The van der Waals surface area contributed by atoms with Crippen LogP contribution in [0.2, 0.25) is 10.0 Å². The van der Waals surface area contributed by atoms with Crippen molar-refractivity contribution in [3.8, 4) is 0 Å². The maximum atomic E-state index is 12.5. The van der Waals surface area contributed by atoms with Crippen molar-refractivity contribution in [3.05, 3.63) is 58.1 Å². The zero-order chi connectivity index (χ0) is 18.0. The molecule has 1 atom stereocenters. The fraction of sp³-hybridized carbons (Fsp3) is 0.222. The number of anilines is 1. The molecule has 0 bridgehead atoms. The molecule has 4 nitrogen and oxygen atoms in total. The van der Waals surface area contributed by atoms with Crippen LogP contribution in [0.3, 0.4) is 0 Å². The summed E-state index contributed by atoms with van der Waals surface area (Å²) < 4.78 is 0. The molecule has 0 aliphatic carbocycles. The van der Waals surface area contributed by atoms with Crippen molar-refractivity contribution in [1.82, 2.24) is 4.90 Å². The van der Waals surface area contributed by atoms with Crippen LogP contribution < -0.4 is 5.32 Å². The van der Waals surface area contributed by atoms with Crippen molar-refractivity contribution in [2.24, 2.45) is 0 Å². The van der Waals surface area contributed by atoms with Crippen LogP contribution in [0.4, 0.5) is 5.69 Å². The molecule has 25 heavy (non-hydrogen) atoms. The number of nitrogens with zero attached hydrogens (tertiary/aromatic N) is 1. The Balaban J connectivity index is 1.63. The van der Waals surface area contributed by atoms with Gasteiger partial charge in [0.1, 0.15) is 0 Å². The highest BCUT2D eigenvalue weighted by atomic mass is 35.5. The Bertz CT molecular complexity index is 811. The number of thioether (sulfide) groups is 1. The van der Waals surface area contributed by atoms with E-state index in [4.69, 9.17) is 23.2 Å². The number of nitrogens with one attached hydrogen (secondary N) is 1. The van der Waals surface area contributed by atoms with E-state index >= 15 is 0 Å². The molecule has 2 aromatic rings. The van der Waals surface area contributed by atoms with Gasteiger partial charge in [-0.1, -0.05) is 35.3 Å². The standard InChI is InChI=1S/C18H16Cl2N2O2S/c1-22(10-11-2-4-12(19)5-3-11)17(23)9-16-18(24)21-14-8-13(20)6-7-15(14)25-16/h2-8,16H,9-10H2,1H3,(H,21,24). The number of carbonyl (C=O) groups is 2. The van der Waals surface area contributed by atoms with Gasteiger partial charge in [-0.25, -0.2) is 0 Å². The molecule has 1 aliphatic rings. The highest BCUT2D eigenvalue weighted by Crippen LogP contribution is 2.38. The molecule has 0 fully saturated rings. The van der Waals surface area contributed by atoms with Gasteiger partial charge in [0, 0.05) is 35.0 Å². The van der Waals surface area contributed by atoms with E-state index in [1.54, 1.807) is 36.2 Å². The first-order valence-corrected chi connectivity index (χ1v) is 9.31. The van der Waals surface area contributed by atoms with Crippen molar-refractivity contribution in [1.29, 1.82) is 0 Å². The van der Waals surface area contributed by atoms with E-state index in [0.717, 1.165) is 10.5 Å². The summed E-state index contributed by atoms with van der Waals surface area (Å²) in [5, 5.41) is 3.60. The minimum atomic E-state index is -0.450. The van der Waals surface area contributed by atoms with E-state index in [1.165, 1.54) is 11.8 Å². The predicted molar refractivity (Wildman–Crippen MR) is 102 cm³/mol. The van der Waals surface area contributed by atoms with E-state index in [2.05, 4.69) is 5.32 Å². The molecular formula is C18H16Cl2N2O2S. The van der Waals surface area contributed by atoms with Crippen LogP contribution in [-0.4, -0.2) is 29.0 Å². The summed E-state index contributed by atoms with van der Waals surface area (Å²) in [6.07, 6.45) is 0.142. The Kier molecular flexibility index (Phi) is 5.57. The first-order chi connectivity index (χ1) is 11.9. The SMILES string of the molecule is CN(Cc1ccc(Cl)cc1)C(=O)CC1Sc2ccc(Cl)cc2NC1=O. The zero-order valence-corrected chi connectivity index (χ0v) is 15.8. The number of carbonyl (C=O) groups excluding carboxylic acids is 2. The minimum absolute atomic E-state index is 0.0833. The van der Waals surface area contributed by atoms with Crippen molar-refractivity contribution in [3.63, 3.8) is 0 Å². The molecule has 0 saturated carbocycles. The Morgan fingerprint density at radius 1 is 1.16 bits per heavy atom. The predicted octanol–water partition coefficient (Wildman–Crippen LogP) is 4.45. The molecule has 7 heteroatoms. The number of rotatable bonds is 4. The quantitative estimate of drug-likeness (QED) is 0.832. The monoisotopic (exact) mass is 394 g/mol. The van der Waals surface area contributed by atoms with Gasteiger partial charge in [-0.15, -0.1) is 11.8 Å². The molecule has 0 saturated heterocycles. The van der Waals surface area contributed by atoms with Crippen LogP contribution in [0.15, 0.2) is 47.4 Å². The van der Waals surface area contributed by atoms with Gasteiger partial charge in [-0.05, 0) is 35.9 Å². The average molecular weight is 395 g/mol. The summed E-state index contributed by atoms with van der Waals surface area (Å²) >= 11 is 13.2. The summed E-state index contributed by atoms with van der Waals surface area (Å²) in [5.41, 5.74) is 1.68. The molecule has 0 radical (unpaired) electrons. The zero-order valence-electron chi connectivity index (χ0n) is 13.5. The number of hydrogen-bond donors (Lipinski definition) is 1. The molecule has 2 aromatic carbocycles. The van der Waals surface area contributed by atoms with E-state index in [9.17, 15) is 9.59 Å². The maximum absolute atomic E-state index is 12.5. The highest BCUT2D eigenvalue weighted by molar-refractivity contribution is 8.01. The fourth-order valence-electron chi connectivity index (χ4n) is 2.52. The fourth-order valence-corrected chi connectivity index (χ4v) is 3.90. The molecule has 1 N–H and O–H groups in total. The van der Waals surface area contributed by atoms with Crippen molar-refractivity contribution in [2.45, 2.75) is 23.1 Å². The summed E-state index contributed by atoms with van der Waals surface area (Å²) in [6.45, 7) is 0.473. The van der Waals surface area contributed by atoms with Crippen LogP contribution in [0.5, 0.6) is 0 Å². The molecule has 1 aliphatic heterocycles. The Morgan fingerprint density at radius 3 is 2.56 bits per heavy atom. The molecular weight excluding hydrogens is 379 g/mol. The summed E-state index contributed by atoms with van der Waals surface area (Å²) in [5.74, 6) is -0.256. The normalized spacial score (nSPS) is 16.1. The second-order valence-corrected chi connectivity index (χ2v) is 7.93. The largest absolute Gasteiger partial charge is 0.341 e. The van der Waals surface area contributed by atoms with Gasteiger partial charge >= 0.3 is 0 Å². The lowest BCUT2D eigenvalue weighted by Crippen LogP contribution is -2.35. The first-order valence-electron chi connectivity index (χ1n) is 7.68. The van der Waals surface area contributed by atoms with Crippen LogP contribution >= 0.6 is 35.0 Å². The summed E-state index contributed by atoms with van der Waals surface area (Å²) in [6, 6.07) is 12.7. The lowest BCUT2D eigenvalue weighted by molar-refractivity contribution is -0.131. The Labute approximate surface area is 160 Å². The van der Waals surface area contributed by atoms with Crippen LogP contribution in [0.1, 0.15) is 12.0 Å². The van der Waals surface area contributed by atoms with Crippen LogP contribution in [0, 0.1) is 0 Å². The van der Waals surface area contributed by atoms with Crippen molar-refractivity contribution in [2.75, 3.05) is 12.4 Å². The van der Waals surface area contributed by atoms with Crippen molar-refractivity contribution < 1.29 is 9.59 Å². The smallest absolute Gasteiger partial charge is 0.238 e. The van der Waals surface area contributed by atoms with Gasteiger partial charge in [0.15, 0.2) is 0 Å². The molecule has 3 rings (SSSR count). The van der Waals surface area contributed by atoms with E-state index in [1.807, 2.05) is 18.2 Å². The van der Waals surface area contributed by atoms with Crippen LogP contribution in [0.25, 0.3) is 0 Å². The third kappa shape index (κ3) is 4.48. The highest BCUT2D eigenvalue weighted by Gasteiger charge is 2.30. The third-order valence-corrected chi connectivity index (χ3v) is 5.64. The maximum Gasteiger partial charge on any atom is 0.238 e. The van der Waals surface area contributed by atoms with Crippen molar-refractivity contribution >= 4 is 52.5 Å².